The summed E-state index contributed by atoms with van der Waals surface area (Å²) in [5.74, 6) is 0.448. The van der Waals surface area contributed by atoms with Crippen molar-refractivity contribution in [1.29, 1.82) is 0 Å². The molecule has 3 unspecified atom stereocenters. The van der Waals surface area contributed by atoms with Crippen molar-refractivity contribution in [2.45, 2.75) is 63.0 Å². The van der Waals surface area contributed by atoms with Gasteiger partial charge in [0.1, 0.15) is 5.75 Å². The van der Waals surface area contributed by atoms with Crippen LogP contribution in [0.1, 0.15) is 38.5 Å². The lowest BCUT2D eigenvalue weighted by Crippen LogP contribution is -2.55. The number of halogens is 3. The van der Waals surface area contributed by atoms with Crippen molar-refractivity contribution in [3.05, 3.63) is 66.9 Å². The smallest absolute Gasteiger partial charge is 0.406 e. The molecule has 2 heterocycles. The summed E-state index contributed by atoms with van der Waals surface area (Å²) in [6.07, 6.45) is 3.67. The van der Waals surface area contributed by atoms with E-state index in [9.17, 15) is 13.2 Å². The predicted molar refractivity (Wildman–Crippen MR) is 139 cm³/mol. The summed E-state index contributed by atoms with van der Waals surface area (Å²) < 4.78 is 41.5. The summed E-state index contributed by atoms with van der Waals surface area (Å²) in [7, 11) is 0. The fourth-order valence-electron chi connectivity index (χ4n) is 5.38. The molecule has 0 spiro atoms. The van der Waals surface area contributed by atoms with E-state index in [0.717, 1.165) is 62.1 Å². The number of aromatic nitrogens is 2. The van der Waals surface area contributed by atoms with Gasteiger partial charge in [0.05, 0.1) is 5.69 Å². The molecule has 37 heavy (non-hydrogen) atoms. The monoisotopic (exact) mass is 511 g/mol. The number of benzene rings is 2. The van der Waals surface area contributed by atoms with Crippen LogP contribution in [-0.4, -0.2) is 47.5 Å². The van der Waals surface area contributed by atoms with Crippen LogP contribution in [-0.2, 0) is 0 Å². The van der Waals surface area contributed by atoms with E-state index in [-0.39, 0.29) is 11.8 Å². The second-order valence-corrected chi connectivity index (χ2v) is 9.77. The standard InChI is InChI=1S/C28H32F3N5O/c29-28(30,31)37-23-14-12-22(13-15-23)36-18-6-9-21(19-36)33-25-10-4-5-11-26(25)35-27-32-17-16-24(34-27)20-7-2-1-3-8-20/h1-3,7-8,12-17,21,25-26,33H,4-6,9-11,18-19H2,(H,32,34,35). The predicted octanol–water partition coefficient (Wildman–Crippen LogP) is 6.02. The van der Waals surface area contributed by atoms with E-state index in [2.05, 4.69) is 25.3 Å². The van der Waals surface area contributed by atoms with Gasteiger partial charge in [0, 0.05) is 48.7 Å². The number of ether oxygens (including phenoxy) is 1. The lowest BCUT2D eigenvalue weighted by molar-refractivity contribution is -0.274. The van der Waals surface area contributed by atoms with Gasteiger partial charge in [0.2, 0.25) is 5.95 Å². The Hall–Kier alpha value is -3.33. The number of anilines is 2. The summed E-state index contributed by atoms with van der Waals surface area (Å²) in [4.78, 5) is 11.5. The molecule has 2 aromatic carbocycles. The van der Waals surface area contributed by atoms with Crippen molar-refractivity contribution in [3.63, 3.8) is 0 Å². The Morgan fingerprint density at radius 1 is 0.865 bits per heavy atom. The molecule has 0 bridgehead atoms. The largest absolute Gasteiger partial charge is 0.573 e. The van der Waals surface area contributed by atoms with Gasteiger partial charge in [0.15, 0.2) is 0 Å². The lowest BCUT2D eigenvalue weighted by Gasteiger charge is -2.40. The SMILES string of the molecule is FC(F)(F)Oc1ccc(N2CCCC(NC3CCCCC3Nc3nccc(-c4ccccc4)n3)C2)cc1. The maximum Gasteiger partial charge on any atom is 0.573 e. The molecule has 2 fully saturated rings. The molecule has 5 rings (SSSR count). The summed E-state index contributed by atoms with van der Waals surface area (Å²) in [5.41, 5.74) is 2.87. The Kier molecular flexibility index (Phi) is 7.79. The van der Waals surface area contributed by atoms with Crippen LogP contribution < -0.4 is 20.3 Å². The molecule has 196 valence electrons. The molecule has 0 radical (unpaired) electrons. The highest BCUT2D eigenvalue weighted by Crippen LogP contribution is 2.28. The summed E-state index contributed by atoms with van der Waals surface area (Å²) in [6, 6.07) is 19.0. The van der Waals surface area contributed by atoms with Crippen LogP contribution in [0, 0.1) is 0 Å². The van der Waals surface area contributed by atoms with Crippen molar-refractivity contribution in [2.24, 2.45) is 0 Å². The lowest BCUT2D eigenvalue weighted by atomic mass is 9.89. The molecule has 1 saturated heterocycles. The summed E-state index contributed by atoms with van der Waals surface area (Å²) in [5, 5.41) is 7.48. The molecule has 1 aliphatic carbocycles. The minimum atomic E-state index is -4.68. The fraction of sp³-hybridized carbons (Fsp3) is 0.429. The molecule has 6 nitrogen and oxygen atoms in total. The first-order chi connectivity index (χ1) is 17.9. The van der Waals surface area contributed by atoms with Gasteiger partial charge in [-0.25, -0.2) is 9.97 Å². The van der Waals surface area contributed by atoms with Crippen LogP contribution in [0.15, 0.2) is 66.9 Å². The molecule has 3 aromatic rings. The van der Waals surface area contributed by atoms with Crippen molar-refractivity contribution in [1.82, 2.24) is 15.3 Å². The molecule has 3 atom stereocenters. The van der Waals surface area contributed by atoms with E-state index in [4.69, 9.17) is 4.98 Å². The van der Waals surface area contributed by atoms with Crippen LogP contribution in [0.4, 0.5) is 24.8 Å². The van der Waals surface area contributed by atoms with E-state index in [1.165, 1.54) is 18.6 Å². The van der Waals surface area contributed by atoms with E-state index in [1.54, 1.807) is 18.3 Å². The zero-order valence-electron chi connectivity index (χ0n) is 20.6. The Bertz CT molecular complexity index is 1140. The molecule has 2 N–H and O–H groups in total. The molecule has 1 aromatic heterocycles. The fourth-order valence-corrected chi connectivity index (χ4v) is 5.38. The minimum absolute atomic E-state index is 0.197. The van der Waals surface area contributed by atoms with Crippen LogP contribution in [0.5, 0.6) is 5.75 Å². The van der Waals surface area contributed by atoms with Gasteiger partial charge in [-0.3, -0.25) is 0 Å². The Labute approximate surface area is 215 Å². The van der Waals surface area contributed by atoms with Crippen LogP contribution in [0.2, 0.25) is 0 Å². The molecule has 2 aliphatic rings. The Balaban J connectivity index is 1.21. The van der Waals surface area contributed by atoms with Crippen molar-refractivity contribution >= 4 is 11.6 Å². The van der Waals surface area contributed by atoms with Crippen LogP contribution in [0.25, 0.3) is 11.3 Å². The van der Waals surface area contributed by atoms with Crippen molar-refractivity contribution < 1.29 is 17.9 Å². The van der Waals surface area contributed by atoms with Gasteiger partial charge >= 0.3 is 6.36 Å². The zero-order valence-corrected chi connectivity index (χ0v) is 20.6. The second-order valence-electron chi connectivity index (χ2n) is 9.77. The maximum absolute atomic E-state index is 12.5. The van der Waals surface area contributed by atoms with E-state index < -0.39 is 6.36 Å². The third-order valence-electron chi connectivity index (χ3n) is 7.11. The summed E-state index contributed by atoms with van der Waals surface area (Å²) in [6.45, 7) is 1.69. The van der Waals surface area contributed by atoms with E-state index in [0.29, 0.717) is 18.0 Å². The zero-order chi connectivity index (χ0) is 25.7. The van der Waals surface area contributed by atoms with Crippen LogP contribution >= 0.6 is 0 Å². The first kappa shape index (κ1) is 25.3. The van der Waals surface area contributed by atoms with Gasteiger partial charge in [-0.1, -0.05) is 43.2 Å². The highest BCUT2D eigenvalue weighted by Gasteiger charge is 2.32. The van der Waals surface area contributed by atoms with Gasteiger partial charge in [-0.05, 0) is 56.0 Å². The second kappa shape index (κ2) is 11.4. The third-order valence-corrected chi connectivity index (χ3v) is 7.11. The minimum Gasteiger partial charge on any atom is -0.406 e. The maximum atomic E-state index is 12.5. The number of rotatable bonds is 7. The number of hydrogen-bond acceptors (Lipinski definition) is 6. The molecular formula is C28H32F3N5O. The van der Waals surface area contributed by atoms with E-state index in [1.807, 2.05) is 36.4 Å². The summed E-state index contributed by atoms with van der Waals surface area (Å²) >= 11 is 0. The van der Waals surface area contributed by atoms with Gasteiger partial charge in [-0.15, -0.1) is 13.2 Å². The van der Waals surface area contributed by atoms with Gasteiger partial charge in [0.25, 0.3) is 0 Å². The third kappa shape index (κ3) is 6.91. The first-order valence-electron chi connectivity index (χ1n) is 12.9. The molecule has 1 saturated carbocycles. The van der Waals surface area contributed by atoms with E-state index >= 15 is 0 Å². The number of nitrogens with one attached hydrogen (secondary N) is 2. The van der Waals surface area contributed by atoms with Crippen molar-refractivity contribution in [3.8, 4) is 17.0 Å². The quantitative estimate of drug-likeness (QED) is 0.404. The average molecular weight is 512 g/mol. The molecular weight excluding hydrogens is 479 g/mol. The van der Waals surface area contributed by atoms with Crippen molar-refractivity contribution in [2.75, 3.05) is 23.3 Å². The van der Waals surface area contributed by atoms with Gasteiger partial charge < -0.3 is 20.3 Å². The number of alkyl halides is 3. The highest BCUT2D eigenvalue weighted by molar-refractivity contribution is 5.59. The van der Waals surface area contributed by atoms with Crippen LogP contribution in [0.3, 0.4) is 0 Å². The number of hydrogen-bond donors (Lipinski definition) is 2. The highest BCUT2D eigenvalue weighted by atomic mass is 19.4. The Morgan fingerprint density at radius 3 is 2.38 bits per heavy atom. The number of nitrogens with zero attached hydrogens (tertiary/aromatic N) is 3. The molecule has 0 amide bonds. The average Bonchev–Trinajstić information content (AvgIpc) is 2.90. The Morgan fingerprint density at radius 2 is 1.62 bits per heavy atom. The number of piperidine rings is 1. The first-order valence-corrected chi connectivity index (χ1v) is 12.9. The van der Waals surface area contributed by atoms with Gasteiger partial charge in [-0.2, -0.15) is 0 Å². The normalized spacial score (nSPS) is 22.5. The molecule has 1 aliphatic heterocycles. The molecule has 9 heteroatoms. The topological polar surface area (TPSA) is 62.3 Å².